The van der Waals surface area contributed by atoms with Gasteiger partial charge in [-0.2, -0.15) is 0 Å². The van der Waals surface area contributed by atoms with Gasteiger partial charge in [-0.1, -0.05) is 56.3 Å². The van der Waals surface area contributed by atoms with Gasteiger partial charge >= 0.3 is 0 Å². The highest BCUT2D eigenvalue weighted by Gasteiger charge is 2.13. The molecule has 0 saturated carbocycles. The quantitative estimate of drug-likeness (QED) is 0.869. The third-order valence-corrected chi connectivity index (χ3v) is 4.58. The first-order chi connectivity index (χ1) is 10.1. The van der Waals surface area contributed by atoms with E-state index in [1.54, 1.807) is 0 Å². The Labute approximate surface area is 127 Å². The maximum Gasteiger partial charge on any atom is 0.0830 e. The van der Waals surface area contributed by atoms with E-state index in [9.17, 15) is 5.11 Å². The van der Waals surface area contributed by atoms with Crippen LogP contribution in [-0.4, -0.2) is 5.11 Å². The molecule has 0 bridgehead atoms. The van der Waals surface area contributed by atoms with Crippen LogP contribution in [0.5, 0.6) is 0 Å². The molecule has 0 aliphatic heterocycles. The Balaban J connectivity index is 1.72. The van der Waals surface area contributed by atoms with Crippen LogP contribution >= 0.6 is 0 Å². The summed E-state index contributed by atoms with van der Waals surface area (Å²) in [7, 11) is 0. The van der Waals surface area contributed by atoms with E-state index in [-0.39, 0.29) is 0 Å². The van der Waals surface area contributed by atoms with E-state index in [4.69, 9.17) is 0 Å². The van der Waals surface area contributed by atoms with E-state index < -0.39 is 6.10 Å². The molecule has 1 unspecified atom stereocenters. The first-order valence-corrected chi connectivity index (χ1v) is 8.02. The highest BCUT2D eigenvalue weighted by Crippen LogP contribution is 2.26. The van der Waals surface area contributed by atoms with Gasteiger partial charge in [0.25, 0.3) is 0 Å². The highest BCUT2D eigenvalue weighted by molar-refractivity contribution is 5.36. The molecule has 1 aliphatic carbocycles. The summed E-state index contributed by atoms with van der Waals surface area (Å²) >= 11 is 0. The van der Waals surface area contributed by atoms with Gasteiger partial charge in [0, 0.05) is 6.42 Å². The Morgan fingerprint density at radius 2 is 1.57 bits per heavy atom. The van der Waals surface area contributed by atoms with Crippen molar-refractivity contribution in [2.75, 3.05) is 0 Å². The van der Waals surface area contributed by atoms with E-state index in [2.05, 4.69) is 56.3 Å². The lowest BCUT2D eigenvalue weighted by Crippen LogP contribution is -2.03. The molecule has 21 heavy (non-hydrogen) atoms. The summed E-state index contributed by atoms with van der Waals surface area (Å²) in [4.78, 5) is 0. The molecule has 1 nitrogen and oxygen atoms in total. The minimum absolute atomic E-state index is 0.411. The maximum atomic E-state index is 10.5. The first kappa shape index (κ1) is 14.3. The Bertz CT molecular complexity index is 610. The fraction of sp³-hybridized carbons (Fsp3) is 0.400. The van der Waals surface area contributed by atoms with Crippen molar-refractivity contribution in [1.29, 1.82) is 0 Å². The van der Waals surface area contributed by atoms with Crippen molar-refractivity contribution >= 4 is 0 Å². The second-order valence-corrected chi connectivity index (χ2v) is 6.50. The lowest BCUT2D eigenvalue weighted by atomic mass is 9.96. The van der Waals surface area contributed by atoms with Crippen molar-refractivity contribution in [1.82, 2.24) is 0 Å². The van der Waals surface area contributed by atoms with Crippen molar-refractivity contribution in [3.63, 3.8) is 0 Å². The molecule has 1 heteroatoms. The summed E-state index contributed by atoms with van der Waals surface area (Å²) in [6.45, 7) is 4.38. The van der Waals surface area contributed by atoms with Crippen molar-refractivity contribution < 1.29 is 5.11 Å². The molecule has 0 spiro atoms. The molecule has 1 N–H and O–H groups in total. The van der Waals surface area contributed by atoms with Crippen LogP contribution in [0.25, 0.3) is 0 Å². The van der Waals surface area contributed by atoms with Crippen LogP contribution < -0.4 is 0 Å². The summed E-state index contributed by atoms with van der Waals surface area (Å²) in [6, 6.07) is 15.1. The summed E-state index contributed by atoms with van der Waals surface area (Å²) in [5.74, 6) is 0.535. The normalized spacial score (nSPS) is 15.2. The third-order valence-electron chi connectivity index (χ3n) is 4.58. The number of aliphatic hydroxyl groups excluding tert-OH is 1. The smallest absolute Gasteiger partial charge is 0.0830 e. The van der Waals surface area contributed by atoms with Gasteiger partial charge < -0.3 is 5.11 Å². The Kier molecular flexibility index (Phi) is 4.12. The fourth-order valence-corrected chi connectivity index (χ4v) is 3.20. The topological polar surface area (TPSA) is 20.2 Å². The molecular weight excluding hydrogens is 256 g/mol. The summed E-state index contributed by atoms with van der Waals surface area (Å²) in [5.41, 5.74) is 6.56. The molecule has 110 valence electrons. The zero-order valence-corrected chi connectivity index (χ0v) is 13.0. The monoisotopic (exact) mass is 280 g/mol. The number of aliphatic hydroxyl groups is 1. The molecule has 0 saturated heterocycles. The first-order valence-electron chi connectivity index (χ1n) is 8.02. The number of rotatable bonds is 4. The summed E-state index contributed by atoms with van der Waals surface area (Å²) < 4.78 is 0. The molecule has 1 aliphatic rings. The van der Waals surface area contributed by atoms with Crippen LogP contribution in [0, 0.1) is 0 Å². The molecule has 1 atom stereocenters. The van der Waals surface area contributed by atoms with Gasteiger partial charge in [0.15, 0.2) is 0 Å². The third kappa shape index (κ3) is 3.19. The number of aryl methyl sites for hydroxylation is 2. The second kappa shape index (κ2) is 6.03. The average Bonchev–Trinajstić information content (AvgIpc) is 2.95. The van der Waals surface area contributed by atoms with Crippen LogP contribution in [0.15, 0.2) is 42.5 Å². The predicted molar refractivity (Wildman–Crippen MR) is 87.7 cm³/mol. The lowest BCUT2D eigenvalue weighted by molar-refractivity contribution is 0.178. The number of fused-ring (bicyclic) bond motifs is 1. The SMILES string of the molecule is CC(C)c1ccc(C(O)Cc2ccc3c(c2)CCC3)cc1. The molecule has 2 aromatic carbocycles. The van der Waals surface area contributed by atoms with E-state index in [1.807, 2.05) is 0 Å². The van der Waals surface area contributed by atoms with Crippen molar-refractivity contribution in [3.05, 3.63) is 70.3 Å². The zero-order chi connectivity index (χ0) is 14.8. The second-order valence-electron chi connectivity index (χ2n) is 6.50. The number of hydrogen-bond acceptors (Lipinski definition) is 1. The Morgan fingerprint density at radius 3 is 2.29 bits per heavy atom. The van der Waals surface area contributed by atoms with Gasteiger partial charge in [0.1, 0.15) is 0 Å². The minimum Gasteiger partial charge on any atom is -0.388 e. The molecule has 0 radical (unpaired) electrons. The van der Waals surface area contributed by atoms with E-state index in [0.717, 1.165) is 5.56 Å². The van der Waals surface area contributed by atoms with Crippen LogP contribution in [0.2, 0.25) is 0 Å². The van der Waals surface area contributed by atoms with Crippen molar-refractivity contribution in [2.24, 2.45) is 0 Å². The molecule has 0 aromatic heterocycles. The lowest BCUT2D eigenvalue weighted by Gasteiger charge is -2.14. The number of hydrogen-bond donors (Lipinski definition) is 1. The highest BCUT2D eigenvalue weighted by atomic mass is 16.3. The van der Waals surface area contributed by atoms with Gasteiger partial charge in [0.05, 0.1) is 6.10 Å². The van der Waals surface area contributed by atoms with Crippen LogP contribution in [0.4, 0.5) is 0 Å². The molecular formula is C20H24O. The van der Waals surface area contributed by atoms with Gasteiger partial charge in [-0.3, -0.25) is 0 Å². The van der Waals surface area contributed by atoms with E-state index >= 15 is 0 Å². The van der Waals surface area contributed by atoms with Crippen LogP contribution in [0.3, 0.4) is 0 Å². The van der Waals surface area contributed by atoms with Gasteiger partial charge in [-0.15, -0.1) is 0 Å². The number of benzene rings is 2. The standard InChI is InChI=1S/C20H24O/c1-14(2)16-8-10-18(11-9-16)20(21)13-15-6-7-17-4-3-5-19(17)12-15/h6-12,14,20-21H,3-5,13H2,1-2H3. The molecule has 3 rings (SSSR count). The minimum atomic E-state index is -0.411. The van der Waals surface area contributed by atoms with Crippen LogP contribution in [-0.2, 0) is 19.3 Å². The van der Waals surface area contributed by atoms with Crippen molar-refractivity contribution in [3.8, 4) is 0 Å². The molecule has 0 heterocycles. The average molecular weight is 280 g/mol. The van der Waals surface area contributed by atoms with E-state index in [0.29, 0.717) is 12.3 Å². The fourth-order valence-electron chi connectivity index (χ4n) is 3.20. The Morgan fingerprint density at radius 1 is 0.905 bits per heavy atom. The Hall–Kier alpha value is -1.60. The summed E-state index contributed by atoms with van der Waals surface area (Å²) in [6.07, 6.45) is 3.98. The van der Waals surface area contributed by atoms with E-state index in [1.165, 1.54) is 41.5 Å². The van der Waals surface area contributed by atoms with Crippen LogP contribution in [0.1, 0.15) is 60.1 Å². The molecule has 2 aromatic rings. The predicted octanol–water partition coefficient (Wildman–Crippen LogP) is 4.57. The van der Waals surface area contributed by atoms with Gasteiger partial charge in [0.2, 0.25) is 0 Å². The largest absolute Gasteiger partial charge is 0.388 e. The summed E-state index contributed by atoms with van der Waals surface area (Å²) in [5, 5.41) is 10.5. The maximum absolute atomic E-state index is 10.5. The van der Waals surface area contributed by atoms with Gasteiger partial charge in [-0.25, -0.2) is 0 Å². The molecule has 0 fully saturated rings. The van der Waals surface area contributed by atoms with Gasteiger partial charge in [-0.05, 0) is 53.0 Å². The zero-order valence-electron chi connectivity index (χ0n) is 13.0. The molecule has 0 amide bonds. The van der Waals surface area contributed by atoms with Crippen molar-refractivity contribution in [2.45, 2.75) is 51.6 Å².